The Morgan fingerprint density at radius 1 is 1.22 bits per heavy atom. The molecule has 2 fully saturated rings. The number of carbonyl (C=O) groups is 1. The van der Waals surface area contributed by atoms with Gasteiger partial charge in [-0.05, 0) is 17.9 Å². The van der Waals surface area contributed by atoms with E-state index < -0.39 is 11.9 Å². The van der Waals surface area contributed by atoms with Gasteiger partial charge in [0, 0.05) is 25.1 Å². The summed E-state index contributed by atoms with van der Waals surface area (Å²) >= 11 is 5.76. The maximum absolute atomic E-state index is 12.7. The fourth-order valence-electron chi connectivity index (χ4n) is 3.50. The summed E-state index contributed by atoms with van der Waals surface area (Å²) in [6.07, 6.45) is -1.77. The van der Waals surface area contributed by atoms with Crippen LogP contribution in [-0.2, 0) is 6.18 Å². The highest BCUT2D eigenvalue weighted by atomic mass is 35.5. The highest BCUT2D eigenvalue weighted by Gasteiger charge is 2.57. The number of piperidine rings is 1. The third-order valence-electron chi connectivity index (χ3n) is 4.92. The summed E-state index contributed by atoms with van der Waals surface area (Å²) in [6, 6.07) is 3.58. The van der Waals surface area contributed by atoms with Gasteiger partial charge in [-0.15, -0.1) is 0 Å². The van der Waals surface area contributed by atoms with E-state index >= 15 is 0 Å². The maximum atomic E-state index is 12.7. The number of alkyl halides is 3. The topological polar surface area (TPSA) is 68.2 Å². The maximum Gasteiger partial charge on any atom is 0.433 e. The fraction of sp³-hybridized carbons (Fsp3) is 0.412. The Bertz CT molecular complexity index is 867. The van der Waals surface area contributed by atoms with Crippen molar-refractivity contribution in [2.75, 3.05) is 19.7 Å². The number of rotatable bonds is 4. The van der Waals surface area contributed by atoms with Crippen LogP contribution in [0.25, 0.3) is 0 Å². The van der Waals surface area contributed by atoms with Crippen molar-refractivity contribution in [2.24, 2.45) is 17.8 Å². The van der Waals surface area contributed by atoms with E-state index in [0.717, 1.165) is 6.07 Å². The number of nitrogens with zero attached hydrogens (tertiary/aromatic N) is 4. The van der Waals surface area contributed by atoms with Gasteiger partial charge in [-0.25, -0.2) is 9.97 Å². The lowest BCUT2D eigenvalue weighted by molar-refractivity contribution is -0.141. The molecule has 0 unspecified atom stereocenters. The Morgan fingerprint density at radius 3 is 2.63 bits per heavy atom. The summed E-state index contributed by atoms with van der Waals surface area (Å²) in [5.41, 5.74) is -0.778. The first-order valence-corrected chi connectivity index (χ1v) is 8.64. The molecule has 1 amide bonds. The Labute approximate surface area is 157 Å². The minimum atomic E-state index is -4.50. The van der Waals surface area contributed by atoms with Crippen molar-refractivity contribution in [1.29, 1.82) is 0 Å². The Hall–Kier alpha value is -2.42. The number of hydrogen-bond donors (Lipinski definition) is 0. The van der Waals surface area contributed by atoms with E-state index in [1.165, 1.54) is 24.5 Å². The first-order valence-electron chi connectivity index (χ1n) is 8.27. The first-order chi connectivity index (χ1) is 12.8. The zero-order chi connectivity index (χ0) is 19.2. The van der Waals surface area contributed by atoms with E-state index in [0.29, 0.717) is 13.1 Å². The van der Waals surface area contributed by atoms with E-state index in [9.17, 15) is 18.0 Å². The molecule has 142 valence electrons. The molecule has 1 aliphatic carbocycles. The number of hydrogen-bond acceptors (Lipinski definition) is 5. The number of ether oxygens (including phenoxy) is 1. The van der Waals surface area contributed by atoms with Crippen LogP contribution in [0.2, 0.25) is 5.15 Å². The second kappa shape index (κ2) is 6.63. The molecule has 4 rings (SSSR count). The van der Waals surface area contributed by atoms with Crippen LogP contribution in [0.1, 0.15) is 16.2 Å². The summed E-state index contributed by atoms with van der Waals surface area (Å²) in [5, 5.41) is 0.157. The molecule has 1 aliphatic heterocycles. The van der Waals surface area contributed by atoms with E-state index in [1.54, 1.807) is 4.90 Å². The molecule has 0 radical (unpaired) electrons. The minimum Gasteiger partial charge on any atom is -0.477 e. The van der Waals surface area contributed by atoms with Gasteiger partial charge >= 0.3 is 6.18 Å². The standard InChI is InChI=1S/C17H14ClF3N4O2/c18-14-5-22-4-12(23-14)16(26)25-6-9-10(7-25)11(9)8-27-15-3-1-2-13(24-15)17(19,20)21/h1-5,9-11H,6-8H2/t9-,10+,11-. The molecule has 3 heterocycles. The van der Waals surface area contributed by atoms with Crippen LogP contribution in [0.4, 0.5) is 13.2 Å². The number of likely N-dealkylation sites (tertiary alicyclic amines) is 1. The normalized spacial score (nSPS) is 23.9. The van der Waals surface area contributed by atoms with Gasteiger partial charge in [0.05, 0.1) is 19.0 Å². The van der Waals surface area contributed by atoms with Crippen molar-refractivity contribution in [3.63, 3.8) is 0 Å². The smallest absolute Gasteiger partial charge is 0.433 e. The average molecular weight is 399 g/mol. The molecule has 0 N–H and O–H groups in total. The van der Waals surface area contributed by atoms with Crippen LogP contribution in [-0.4, -0.2) is 45.5 Å². The molecular formula is C17H14ClF3N4O2. The summed E-state index contributed by atoms with van der Waals surface area (Å²) in [6.45, 7) is 1.39. The summed E-state index contributed by atoms with van der Waals surface area (Å²) in [5.74, 6) is 0.475. The molecule has 2 aromatic rings. The number of pyridine rings is 1. The predicted octanol–water partition coefficient (Wildman–Crippen LogP) is 2.94. The fourth-order valence-corrected chi connectivity index (χ4v) is 3.65. The Kier molecular flexibility index (Phi) is 4.41. The molecule has 1 saturated carbocycles. The first kappa shape index (κ1) is 18.0. The third-order valence-corrected chi connectivity index (χ3v) is 5.10. The van der Waals surface area contributed by atoms with Crippen molar-refractivity contribution in [1.82, 2.24) is 19.9 Å². The van der Waals surface area contributed by atoms with Gasteiger partial charge in [0.15, 0.2) is 0 Å². The Morgan fingerprint density at radius 2 is 1.96 bits per heavy atom. The van der Waals surface area contributed by atoms with Gasteiger partial charge in [-0.3, -0.25) is 9.78 Å². The SMILES string of the molecule is O=C(c1cncc(Cl)n1)N1C[C@@H]2[C@H](COc3cccc(C(F)(F)F)n3)[C@@H]2C1. The number of halogens is 4. The van der Waals surface area contributed by atoms with E-state index in [4.69, 9.17) is 16.3 Å². The van der Waals surface area contributed by atoms with Gasteiger partial charge in [0.25, 0.3) is 5.91 Å². The van der Waals surface area contributed by atoms with Crippen LogP contribution in [0, 0.1) is 17.8 Å². The van der Waals surface area contributed by atoms with E-state index in [-0.39, 0.29) is 47.0 Å². The number of carbonyl (C=O) groups excluding carboxylic acids is 1. The van der Waals surface area contributed by atoms with Gasteiger partial charge in [0.2, 0.25) is 5.88 Å². The second-order valence-electron chi connectivity index (χ2n) is 6.60. The van der Waals surface area contributed by atoms with Crippen LogP contribution >= 0.6 is 11.6 Å². The van der Waals surface area contributed by atoms with Crippen molar-refractivity contribution in [3.05, 3.63) is 47.1 Å². The summed E-state index contributed by atoms with van der Waals surface area (Å²) in [7, 11) is 0. The van der Waals surface area contributed by atoms with Crippen molar-refractivity contribution in [2.45, 2.75) is 6.18 Å². The Balaban J connectivity index is 1.30. The van der Waals surface area contributed by atoms with Crippen LogP contribution in [0.3, 0.4) is 0 Å². The molecular weight excluding hydrogens is 385 g/mol. The lowest BCUT2D eigenvalue weighted by Crippen LogP contribution is -2.33. The molecule has 1 saturated heterocycles. The number of aromatic nitrogens is 3. The minimum absolute atomic E-state index is 0.0445. The molecule has 6 nitrogen and oxygen atoms in total. The predicted molar refractivity (Wildman–Crippen MR) is 88.1 cm³/mol. The van der Waals surface area contributed by atoms with Crippen LogP contribution in [0.5, 0.6) is 5.88 Å². The molecule has 0 bridgehead atoms. The van der Waals surface area contributed by atoms with Gasteiger partial charge in [-0.1, -0.05) is 17.7 Å². The monoisotopic (exact) mass is 398 g/mol. The van der Waals surface area contributed by atoms with Gasteiger partial charge in [-0.2, -0.15) is 13.2 Å². The van der Waals surface area contributed by atoms with Crippen LogP contribution < -0.4 is 4.74 Å². The lowest BCUT2D eigenvalue weighted by atomic mass is 10.2. The van der Waals surface area contributed by atoms with E-state index in [2.05, 4.69) is 15.0 Å². The molecule has 0 aromatic carbocycles. The molecule has 0 spiro atoms. The molecule has 2 aliphatic rings. The van der Waals surface area contributed by atoms with Crippen LogP contribution in [0.15, 0.2) is 30.6 Å². The second-order valence-corrected chi connectivity index (χ2v) is 6.99. The highest BCUT2D eigenvalue weighted by molar-refractivity contribution is 6.29. The molecule has 27 heavy (non-hydrogen) atoms. The average Bonchev–Trinajstić information content (AvgIpc) is 3.08. The zero-order valence-corrected chi connectivity index (χ0v) is 14.6. The third kappa shape index (κ3) is 3.69. The zero-order valence-electron chi connectivity index (χ0n) is 13.9. The van der Waals surface area contributed by atoms with Crippen molar-refractivity contribution in [3.8, 4) is 5.88 Å². The molecule has 2 aromatic heterocycles. The summed E-state index contributed by atoms with van der Waals surface area (Å²) in [4.78, 5) is 25.4. The molecule has 3 atom stereocenters. The van der Waals surface area contributed by atoms with Crippen molar-refractivity contribution >= 4 is 17.5 Å². The quantitative estimate of drug-likeness (QED) is 0.792. The van der Waals surface area contributed by atoms with Gasteiger partial charge < -0.3 is 9.64 Å². The van der Waals surface area contributed by atoms with Crippen molar-refractivity contribution < 1.29 is 22.7 Å². The largest absolute Gasteiger partial charge is 0.477 e. The van der Waals surface area contributed by atoms with E-state index in [1.807, 2.05) is 0 Å². The summed E-state index contributed by atoms with van der Waals surface area (Å²) < 4.78 is 43.5. The highest BCUT2D eigenvalue weighted by Crippen LogP contribution is 2.51. The lowest BCUT2D eigenvalue weighted by Gasteiger charge is -2.19. The number of amides is 1. The van der Waals surface area contributed by atoms with Gasteiger partial charge in [0.1, 0.15) is 16.5 Å². The molecule has 10 heteroatoms. The number of fused-ring (bicyclic) bond motifs is 1.